The third-order valence-corrected chi connectivity index (χ3v) is 4.42. The summed E-state index contributed by atoms with van der Waals surface area (Å²) in [7, 11) is 0. The van der Waals surface area contributed by atoms with E-state index in [9.17, 15) is 0 Å². The monoisotopic (exact) mass is 305 g/mol. The van der Waals surface area contributed by atoms with Crippen LogP contribution in [0.2, 0.25) is 0 Å². The molecule has 0 aromatic carbocycles. The lowest BCUT2D eigenvalue weighted by Crippen LogP contribution is -2.19. The second-order valence-corrected chi connectivity index (χ2v) is 5.80. The number of pyridine rings is 1. The van der Waals surface area contributed by atoms with Crippen LogP contribution in [0.4, 0.5) is 0 Å². The van der Waals surface area contributed by atoms with Crippen LogP contribution >= 0.6 is 11.3 Å². The molecule has 0 saturated heterocycles. The number of hydrogen-bond acceptors (Lipinski definition) is 6. The molecule has 0 radical (unpaired) electrons. The van der Waals surface area contributed by atoms with Gasteiger partial charge in [0.05, 0.1) is 6.04 Å². The zero-order valence-corrected chi connectivity index (χ0v) is 12.9. The third-order valence-electron chi connectivity index (χ3n) is 3.10. The molecule has 1 unspecified atom stereocenters. The number of oxime groups is 1. The second kappa shape index (κ2) is 7.14. The van der Waals surface area contributed by atoms with Crippen molar-refractivity contribution in [3.05, 3.63) is 45.7 Å². The van der Waals surface area contributed by atoms with E-state index in [1.54, 1.807) is 23.6 Å². The van der Waals surface area contributed by atoms with Crippen LogP contribution in [0.5, 0.6) is 0 Å². The van der Waals surface area contributed by atoms with Gasteiger partial charge < -0.3 is 16.3 Å². The Bertz CT molecular complexity index is 625. The van der Waals surface area contributed by atoms with E-state index in [1.807, 2.05) is 12.3 Å². The van der Waals surface area contributed by atoms with Gasteiger partial charge in [0.15, 0.2) is 5.84 Å². The predicted octanol–water partition coefficient (Wildman–Crippen LogP) is 2.05. The highest BCUT2D eigenvalue weighted by Crippen LogP contribution is 2.20. The van der Waals surface area contributed by atoms with Crippen LogP contribution in [0.25, 0.3) is 0 Å². The summed E-state index contributed by atoms with van der Waals surface area (Å²) in [5.41, 5.74) is 7.02. The molecule has 0 aliphatic heterocycles. The Morgan fingerprint density at radius 3 is 3.00 bits per heavy atom. The van der Waals surface area contributed by atoms with Gasteiger partial charge in [-0.15, -0.1) is 11.3 Å². The van der Waals surface area contributed by atoms with Crippen molar-refractivity contribution in [1.29, 1.82) is 0 Å². The zero-order chi connectivity index (χ0) is 15.2. The summed E-state index contributed by atoms with van der Waals surface area (Å²) in [5.74, 6) is 0.0115. The highest BCUT2D eigenvalue weighted by atomic mass is 32.1. The highest BCUT2D eigenvalue weighted by Gasteiger charge is 2.10. The number of aromatic nitrogens is 2. The van der Waals surface area contributed by atoms with E-state index in [0.29, 0.717) is 12.2 Å². The average molecular weight is 305 g/mol. The van der Waals surface area contributed by atoms with Crippen molar-refractivity contribution in [1.82, 2.24) is 15.3 Å². The van der Waals surface area contributed by atoms with Gasteiger partial charge >= 0.3 is 0 Å². The summed E-state index contributed by atoms with van der Waals surface area (Å²) in [5, 5.41) is 16.1. The van der Waals surface area contributed by atoms with E-state index in [1.165, 1.54) is 4.88 Å². The molecule has 0 bridgehead atoms. The van der Waals surface area contributed by atoms with Crippen LogP contribution in [-0.4, -0.2) is 21.0 Å². The highest BCUT2D eigenvalue weighted by molar-refractivity contribution is 7.11. The summed E-state index contributed by atoms with van der Waals surface area (Å²) in [4.78, 5) is 9.77. The summed E-state index contributed by atoms with van der Waals surface area (Å²) >= 11 is 1.73. The minimum atomic E-state index is 0.0115. The fourth-order valence-electron chi connectivity index (χ4n) is 1.82. The molecule has 112 valence electrons. The zero-order valence-electron chi connectivity index (χ0n) is 12.1. The molecule has 6 nitrogen and oxygen atoms in total. The average Bonchev–Trinajstić information content (AvgIpc) is 3.01. The molecule has 4 N–H and O–H groups in total. The van der Waals surface area contributed by atoms with Crippen LogP contribution in [-0.2, 0) is 13.0 Å². The molecule has 0 fully saturated rings. The van der Waals surface area contributed by atoms with Crippen molar-refractivity contribution in [2.24, 2.45) is 10.9 Å². The lowest BCUT2D eigenvalue weighted by molar-refractivity contribution is 0.318. The molecule has 2 aromatic heterocycles. The molecule has 0 spiro atoms. The molecule has 21 heavy (non-hydrogen) atoms. The maximum absolute atomic E-state index is 8.67. The first-order chi connectivity index (χ1) is 10.1. The van der Waals surface area contributed by atoms with Crippen molar-refractivity contribution in [3.63, 3.8) is 0 Å². The van der Waals surface area contributed by atoms with Gasteiger partial charge in [-0.25, -0.2) is 4.98 Å². The molecular formula is C14H19N5OS. The van der Waals surface area contributed by atoms with Crippen LogP contribution in [0.1, 0.15) is 41.0 Å². The quantitative estimate of drug-likeness (QED) is 0.328. The summed E-state index contributed by atoms with van der Waals surface area (Å²) < 4.78 is 0. The van der Waals surface area contributed by atoms with Gasteiger partial charge in [-0.1, -0.05) is 12.1 Å². The fourth-order valence-corrected chi connectivity index (χ4v) is 2.70. The van der Waals surface area contributed by atoms with E-state index in [4.69, 9.17) is 10.9 Å². The Morgan fingerprint density at radius 1 is 1.52 bits per heavy atom. The van der Waals surface area contributed by atoms with Crippen LogP contribution in [0, 0.1) is 0 Å². The Labute approximate surface area is 127 Å². The molecular weight excluding hydrogens is 286 g/mol. The molecule has 2 aromatic rings. The Morgan fingerprint density at radius 2 is 2.33 bits per heavy atom. The van der Waals surface area contributed by atoms with Crippen molar-refractivity contribution in [2.45, 2.75) is 32.9 Å². The first kappa shape index (κ1) is 15.4. The molecule has 2 heterocycles. The Hall–Kier alpha value is -1.99. The van der Waals surface area contributed by atoms with E-state index < -0.39 is 0 Å². The normalized spacial score (nSPS) is 13.3. The smallest absolute Gasteiger partial charge is 0.188 e. The van der Waals surface area contributed by atoms with Crippen LogP contribution < -0.4 is 11.1 Å². The van der Waals surface area contributed by atoms with Crippen molar-refractivity contribution < 1.29 is 5.21 Å². The first-order valence-electron chi connectivity index (χ1n) is 6.74. The molecule has 0 amide bonds. The van der Waals surface area contributed by atoms with Crippen molar-refractivity contribution >= 4 is 17.2 Å². The number of thiazole rings is 1. The predicted molar refractivity (Wildman–Crippen MR) is 83.5 cm³/mol. The van der Waals surface area contributed by atoms with Gasteiger partial charge in [0, 0.05) is 23.8 Å². The van der Waals surface area contributed by atoms with Crippen LogP contribution in [0.15, 0.2) is 29.7 Å². The van der Waals surface area contributed by atoms with Crippen molar-refractivity contribution in [2.75, 3.05) is 0 Å². The van der Waals surface area contributed by atoms with Gasteiger partial charge in [-0.2, -0.15) is 0 Å². The number of nitrogens with two attached hydrogens (primary N) is 1. The first-order valence-corrected chi connectivity index (χ1v) is 7.56. The van der Waals surface area contributed by atoms with E-state index in [0.717, 1.165) is 17.0 Å². The van der Waals surface area contributed by atoms with Gasteiger partial charge in [0.1, 0.15) is 10.7 Å². The standard InChI is InChI=1S/C14H19N5OS/c1-3-11-8-18-14(21-11)9(2)17-7-10-4-5-16-12(6-10)13(15)19-20/h4-6,8-9,17,20H,3,7H2,1-2H3,(H2,15,19). The van der Waals surface area contributed by atoms with Crippen molar-refractivity contribution in [3.8, 4) is 0 Å². The number of nitrogens with one attached hydrogen (secondary N) is 1. The lowest BCUT2D eigenvalue weighted by Gasteiger charge is -2.11. The van der Waals surface area contributed by atoms with Crippen LogP contribution in [0.3, 0.4) is 0 Å². The van der Waals surface area contributed by atoms with Gasteiger partial charge in [0.2, 0.25) is 0 Å². The molecule has 2 rings (SSSR count). The van der Waals surface area contributed by atoms with Gasteiger partial charge in [-0.05, 0) is 31.0 Å². The molecule has 0 saturated carbocycles. The fraction of sp³-hybridized carbons (Fsp3) is 0.357. The number of rotatable bonds is 6. The van der Waals surface area contributed by atoms with E-state index >= 15 is 0 Å². The number of nitrogens with zero attached hydrogens (tertiary/aromatic N) is 3. The molecule has 1 atom stereocenters. The third kappa shape index (κ3) is 3.99. The van der Waals surface area contributed by atoms with Gasteiger partial charge in [-0.3, -0.25) is 4.98 Å². The minimum Gasteiger partial charge on any atom is -0.409 e. The van der Waals surface area contributed by atoms with Gasteiger partial charge in [0.25, 0.3) is 0 Å². The van der Waals surface area contributed by atoms with E-state index in [2.05, 4.69) is 34.3 Å². The lowest BCUT2D eigenvalue weighted by atomic mass is 10.2. The number of aryl methyl sites for hydroxylation is 1. The Balaban J connectivity index is 1.99. The maximum atomic E-state index is 8.67. The summed E-state index contributed by atoms with van der Waals surface area (Å²) in [6, 6.07) is 3.87. The topological polar surface area (TPSA) is 96.4 Å². The molecule has 0 aliphatic rings. The SMILES string of the molecule is CCc1cnc(C(C)NCc2ccnc(/C(N)=N/O)c2)s1. The summed E-state index contributed by atoms with van der Waals surface area (Å²) in [6.07, 6.45) is 4.59. The van der Waals surface area contributed by atoms with E-state index in [-0.39, 0.29) is 11.9 Å². The number of amidine groups is 1. The molecule has 0 aliphatic carbocycles. The second-order valence-electron chi connectivity index (χ2n) is 4.66. The summed E-state index contributed by atoms with van der Waals surface area (Å²) in [6.45, 7) is 4.88. The Kier molecular flexibility index (Phi) is 5.24. The minimum absolute atomic E-state index is 0.0115. The largest absolute Gasteiger partial charge is 0.409 e. The number of hydrogen-bond donors (Lipinski definition) is 3. The molecule has 7 heteroatoms. The maximum Gasteiger partial charge on any atom is 0.188 e.